The van der Waals surface area contributed by atoms with E-state index in [1.54, 1.807) is 0 Å². The number of rotatable bonds is 3. The molecule has 1 aromatic rings. The highest BCUT2D eigenvalue weighted by Crippen LogP contribution is 2.35. The molecule has 2 aliphatic rings. The number of hydrogen-bond donors (Lipinski definition) is 1. The van der Waals surface area contributed by atoms with Crippen LogP contribution >= 0.6 is 0 Å². The normalized spacial score (nSPS) is 19.9. The first-order valence-corrected chi connectivity index (χ1v) is 8.46. The molecule has 1 saturated carbocycles. The SMILES string of the molecule is CC(=CC(=O)O)c1ccc2c(c1)CCCN2C1CCCCC1. The predicted octanol–water partition coefficient (Wildman–Crippen LogP) is 4.26. The topological polar surface area (TPSA) is 40.5 Å². The van der Waals surface area contributed by atoms with Crippen molar-refractivity contribution in [2.45, 2.75) is 57.9 Å². The third kappa shape index (κ3) is 3.18. The average Bonchev–Trinajstić information content (AvgIpc) is 2.54. The fraction of sp³-hybridized carbons (Fsp3) is 0.526. The lowest BCUT2D eigenvalue weighted by atomic mass is 9.90. The molecule has 0 saturated heterocycles. The second-order valence-corrected chi connectivity index (χ2v) is 6.60. The van der Waals surface area contributed by atoms with E-state index in [4.69, 9.17) is 5.11 Å². The first-order chi connectivity index (χ1) is 10.6. The molecule has 1 heterocycles. The molecular formula is C19H25NO2. The Morgan fingerprint density at radius 3 is 2.73 bits per heavy atom. The van der Waals surface area contributed by atoms with E-state index in [1.165, 1.54) is 62.4 Å². The van der Waals surface area contributed by atoms with E-state index < -0.39 is 5.97 Å². The first kappa shape index (κ1) is 15.1. The lowest BCUT2D eigenvalue weighted by Gasteiger charge is -2.40. The molecule has 22 heavy (non-hydrogen) atoms. The molecule has 3 heteroatoms. The summed E-state index contributed by atoms with van der Waals surface area (Å²) >= 11 is 0. The van der Waals surface area contributed by atoms with E-state index >= 15 is 0 Å². The van der Waals surface area contributed by atoms with Gasteiger partial charge in [0.25, 0.3) is 0 Å². The summed E-state index contributed by atoms with van der Waals surface area (Å²) < 4.78 is 0. The van der Waals surface area contributed by atoms with Crippen molar-refractivity contribution < 1.29 is 9.90 Å². The maximum atomic E-state index is 10.8. The fourth-order valence-electron chi connectivity index (χ4n) is 3.91. The molecule has 1 fully saturated rings. The third-order valence-corrected chi connectivity index (χ3v) is 5.04. The number of hydrogen-bond acceptors (Lipinski definition) is 2. The monoisotopic (exact) mass is 299 g/mol. The number of carbonyl (C=O) groups is 1. The minimum absolute atomic E-state index is 0.703. The van der Waals surface area contributed by atoms with Crippen LogP contribution in [0.4, 0.5) is 5.69 Å². The summed E-state index contributed by atoms with van der Waals surface area (Å²) in [4.78, 5) is 13.5. The highest BCUT2D eigenvalue weighted by molar-refractivity contribution is 5.89. The number of anilines is 1. The smallest absolute Gasteiger partial charge is 0.328 e. The van der Waals surface area contributed by atoms with Gasteiger partial charge in [-0.05, 0) is 61.4 Å². The molecule has 0 radical (unpaired) electrons. The minimum Gasteiger partial charge on any atom is -0.478 e. The number of benzene rings is 1. The van der Waals surface area contributed by atoms with Gasteiger partial charge < -0.3 is 10.0 Å². The van der Waals surface area contributed by atoms with Crippen molar-refractivity contribution in [2.24, 2.45) is 0 Å². The van der Waals surface area contributed by atoms with Crippen molar-refractivity contribution in [3.8, 4) is 0 Å². The van der Waals surface area contributed by atoms with Gasteiger partial charge in [0.2, 0.25) is 0 Å². The lowest BCUT2D eigenvalue weighted by Crippen LogP contribution is -2.40. The number of aliphatic carboxylic acids is 1. The molecule has 0 spiro atoms. The molecule has 0 aromatic heterocycles. The summed E-state index contributed by atoms with van der Waals surface area (Å²) in [5.41, 5.74) is 4.62. The number of fused-ring (bicyclic) bond motifs is 1. The van der Waals surface area contributed by atoms with Crippen LogP contribution in [0.2, 0.25) is 0 Å². The van der Waals surface area contributed by atoms with Gasteiger partial charge in [0.15, 0.2) is 0 Å². The largest absolute Gasteiger partial charge is 0.478 e. The van der Waals surface area contributed by atoms with E-state index in [9.17, 15) is 4.79 Å². The first-order valence-electron chi connectivity index (χ1n) is 8.46. The molecular weight excluding hydrogens is 274 g/mol. The number of aryl methyl sites for hydroxylation is 1. The van der Waals surface area contributed by atoms with Crippen LogP contribution in [0.5, 0.6) is 0 Å². The van der Waals surface area contributed by atoms with Crippen LogP contribution in [0.1, 0.15) is 56.6 Å². The van der Waals surface area contributed by atoms with Gasteiger partial charge in [0, 0.05) is 24.4 Å². The maximum absolute atomic E-state index is 10.8. The van der Waals surface area contributed by atoms with Gasteiger partial charge in [-0.1, -0.05) is 25.3 Å². The van der Waals surface area contributed by atoms with Crippen molar-refractivity contribution in [1.82, 2.24) is 0 Å². The number of carboxylic acids is 1. The Balaban J connectivity index is 1.87. The molecule has 0 amide bonds. The molecule has 3 rings (SSSR count). The van der Waals surface area contributed by atoms with E-state index in [0.717, 1.165) is 17.6 Å². The summed E-state index contributed by atoms with van der Waals surface area (Å²) in [6, 6.07) is 7.18. The molecule has 1 aromatic carbocycles. The lowest BCUT2D eigenvalue weighted by molar-refractivity contribution is -0.131. The van der Waals surface area contributed by atoms with Crippen LogP contribution < -0.4 is 4.90 Å². The predicted molar refractivity (Wildman–Crippen MR) is 90.3 cm³/mol. The van der Waals surface area contributed by atoms with Gasteiger partial charge in [-0.25, -0.2) is 4.79 Å². The molecule has 1 N–H and O–H groups in total. The van der Waals surface area contributed by atoms with E-state index in [2.05, 4.69) is 23.1 Å². The van der Waals surface area contributed by atoms with Gasteiger partial charge in [0.05, 0.1) is 0 Å². The van der Waals surface area contributed by atoms with Gasteiger partial charge in [-0.15, -0.1) is 0 Å². The Labute approximate surface area is 132 Å². The van der Waals surface area contributed by atoms with Crippen molar-refractivity contribution in [3.63, 3.8) is 0 Å². The van der Waals surface area contributed by atoms with Gasteiger partial charge in [-0.3, -0.25) is 0 Å². The number of allylic oxidation sites excluding steroid dienone is 1. The number of carboxylic acid groups (broad SMARTS) is 1. The minimum atomic E-state index is -0.876. The van der Waals surface area contributed by atoms with Gasteiger partial charge >= 0.3 is 5.97 Å². The van der Waals surface area contributed by atoms with Crippen LogP contribution in [0.25, 0.3) is 5.57 Å². The summed E-state index contributed by atoms with van der Waals surface area (Å²) in [7, 11) is 0. The Morgan fingerprint density at radius 2 is 2.00 bits per heavy atom. The Hall–Kier alpha value is -1.77. The quantitative estimate of drug-likeness (QED) is 0.848. The third-order valence-electron chi connectivity index (χ3n) is 5.04. The molecule has 1 aliphatic carbocycles. The molecule has 1 aliphatic heterocycles. The van der Waals surface area contributed by atoms with Crippen molar-refractivity contribution in [1.29, 1.82) is 0 Å². The second kappa shape index (κ2) is 6.55. The van der Waals surface area contributed by atoms with Crippen molar-refractivity contribution in [2.75, 3.05) is 11.4 Å². The molecule has 0 bridgehead atoms. The fourth-order valence-corrected chi connectivity index (χ4v) is 3.91. The van der Waals surface area contributed by atoms with Gasteiger partial charge in [-0.2, -0.15) is 0 Å². The second-order valence-electron chi connectivity index (χ2n) is 6.60. The summed E-state index contributed by atoms with van der Waals surface area (Å²) in [6.07, 6.45) is 10.3. The average molecular weight is 299 g/mol. The molecule has 0 atom stereocenters. The summed E-state index contributed by atoms with van der Waals surface area (Å²) in [5.74, 6) is -0.876. The van der Waals surface area contributed by atoms with Crippen LogP contribution in [-0.4, -0.2) is 23.7 Å². The summed E-state index contributed by atoms with van der Waals surface area (Å²) in [5, 5.41) is 8.91. The van der Waals surface area contributed by atoms with Crippen LogP contribution in [0, 0.1) is 0 Å². The van der Waals surface area contributed by atoms with E-state index in [-0.39, 0.29) is 0 Å². The zero-order chi connectivity index (χ0) is 15.5. The van der Waals surface area contributed by atoms with E-state index in [1.807, 2.05) is 6.92 Å². The van der Waals surface area contributed by atoms with Crippen LogP contribution in [-0.2, 0) is 11.2 Å². The highest BCUT2D eigenvalue weighted by Gasteiger charge is 2.25. The Morgan fingerprint density at radius 1 is 1.23 bits per heavy atom. The number of nitrogens with zero attached hydrogens (tertiary/aromatic N) is 1. The molecule has 0 unspecified atom stereocenters. The van der Waals surface area contributed by atoms with E-state index in [0.29, 0.717) is 6.04 Å². The Bertz CT molecular complexity index is 585. The Kier molecular flexibility index (Phi) is 4.51. The molecule has 118 valence electrons. The maximum Gasteiger partial charge on any atom is 0.328 e. The standard InChI is InChI=1S/C19H25NO2/c1-14(12-19(21)22)15-9-10-18-16(13-15)6-5-11-20(18)17-7-3-2-4-8-17/h9-10,12-13,17H,2-8,11H2,1H3,(H,21,22). The van der Waals surface area contributed by atoms with Crippen LogP contribution in [0.15, 0.2) is 24.3 Å². The zero-order valence-corrected chi connectivity index (χ0v) is 13.3. The van der Waals surface area contributed by atoms with Crippen LogP contribution in [0.3, 0.4) is 0 Å². The van der Waals surface area contributed by atoms with Crippen molar-refractivity contribution in [3.05, 3.63) is 35.4 Å². The van der Waals surface area contributed by atoms with Crippen molar-refractivity contribution >= 4 is 17.2 Å². The zero-order valence-electron chi connectivity index (χ0n) is 13.3. The summed E-state index contributed by atoms with van der Waals surface area (Å²) in [6.45, 7) is 3.04. The van der Waals surface area contributed by atoms with Gasteiger partial charge in [0.1, 0.15) is 0 Å². The molecule has 3 nitrogen and oxygen atoms in total. The highest BCUT2D eigenvalue weighted by atomic mass is 16.4.